The predicted octanol–water partition coefficient (Wildman–Crippen LogP) is 1.32. The van der Waals surface area contributed by atoms with Crippen LogP contribution in [-0.2, 0) is 20.9 Å². The first kappa shape index (κ1) is 15.3. The minimum absolute atomic E-state index is 0.0768. The number of carbonyl (C=O) groups excluding carboxylic acids is 2. The Balaban J connectivity index is 1.98. The van der Waals surface area contributed by atoms with Gasteiger partial charge >= 0.3 is 12.1 Å². The summed E-state index contributed by atoms with van der Waals surface area (Å²) in [5.41, 5.74) is 0.859. The Morgan fingerprint density at radius 1 is 1.29 bits per heavy atom. The van der Waals surface area contributed by atoms with Crippen molar-refractivity contribution in [2.45, 2.75) is 31.6 Å². The Morgan fingerprint density at radius 3 is 2.67 bits per heavy atom. The molecule has 21 heavy (non-hydrogen) atoms. The molecule has 1 fully saturated rings. The Kier molecular flexibility index (Phi) is 5.16. The molecule has 0 aromatic heterocycles. The topological polar surface area (TPSA) is 76.1 Å². The molecular formula is C15H19NO5. The van der Waals surface area contributed by atoms with Gasteiger partial charge in [0.05, 0.1) is 19.8 Å². The van der Waals surface area contributed by atoms with Crippen LogP contribution in [0.4, 0.5) is 4.79 Å². The lowest BCUT2D eigenvalue weighted by Crippen LogP contribution is -2.52. The highest BCUT2D eigenvalue weighted by atomic mass is 16.6. The van der Waals surface area contributed by atoms with E-state index in [1.807, 2.05) is 30.3 Å². The van der Waals surface area contributed by atoms with Crippen LogP contribution >= 0.6 is 0 Å². The molecule has 1 aliphatic heterocycles. The summed E-state index contributed by atoms with van der Waals surface area (Å²) < 4.78 is 9.91. The number of methoxy groups -OCH3 is 1. The van der Waals surface area contributed by atoms with Crippen molar-refractivity contribution < 1.29 is 24.2 Å². The highest BCUT2D eigenvalue weighted by molar-refractivity contribution is 5.81. The molecule has 114 valence electrons. The minimum Gasteiger partial charge on any atom is -0.467 e. The molecule has 0 radical (unpaired) electrons. The molecule has 1 aliphatic rings. The number of rotatable bonds is 3. The number of nitrogens with zero attached hydrogens (tertiary/aromatic N) is 1. The number of benzene rings is 1. The number of aliphatic hydroxyl groups is 1. The van der Waals surface area contributed by atoms with Crippen LogP contribution in [0.1, 0.15) is 18.4 Å². The zero-order chi connectivity index (χ0) is 15.2. The van der Waals surface area contributed by atoms with E-state index in [4.69, 9.17) is 9.47 Å². The zero-order valence-electron chi connectivity index (χ0n) is 11.9. The first-order valence-electron chi connectivity index (χ1n) is 6.85. The number of amides is 1. The van der Waals surface area contributed by atoms with Crippen molar-refractivity contribution >= 4 is 12.1 Å². The molecule has 2 atom stereocenters. The summed E-state index contributed by atoms with van der Waals surface area (Å²) >= 11 is 0. The van der Waals surface area contributed by atoms with Gasteiger partial charge in [0.1, 0.15) is 12.6 Å². The summed E-state index contributed by atoms with van der Waals surface area (Å²) in [6.07, 6.45) is -0.431. The molecule has 6 heteroatoms. The summed E-state index contributed by atoms with van der Waals surface area (Å²) in [6, 6.07) is 8.57. The van der Waals surface area contributed by atoms with E-state index in [0.717, 1.165) is 5.56 Å². The zero-order valence-corrected chi connectivity index (χ0v) is 11.9. The van der Waals surface area contributed by atoms with Gasteiger partial charge in [0, 0.05) is 0 Å². The van der Waals surface area contributed by atoms with Crippen LogP contribution in [0, 0.1) is 0 Å². The number of carbonyl (C=O) groups is 2. The molecule has 1 saturated heterocycles. The summed E-state index contributed by atoms with van der Waals surface area (Å²) in [4.78, 5) is 25.1. The predicted molar refractivity (Wildman–Crippen MR) is 74.4 cm³/mol. The Morgan fingerprint density at radius 2 is 2.00 bits per heavy atom. The van der Waals surface area contributed by atoms with Crippen LogP contribution in [0.15, 0.2) is 30.3 Å². The molecule has 0 aliphatic carbocycles. The van der Waals surface area contributed by atoms with E-state index in [-0.39, 0.29) is 13.2 Å². The third-order valence-corrected chi connectivity index (χ3v) is 3.47. The number of piperidine rings is 1. The molecule has 2 rings (SSSR count). The Bertz CT molecular complexity index is 490. The lowest BCUT2D eigenvalue weighted by molar-refractivity contribution is -0.148. The Hall–Kier alpha value is -2.08. The van der Waals surface area contributed by atoms with Crippen LogP contribution in [0.2, 0.25) is 0 Å². The largest absolute Gasteiger partial charge is 0.467 e. The van der Waals surface area contributed by atoms with Crippen molar-refractivity contribution in [2.24, 2.45) is 0 Å². The number of ether oxygens (including phenoxy) is 2. The van der Waals surface area contributed by atoms with Crippen LogP contribution in [0.5, 0.6) is 0 Å². The van der Waals surface area contributed by atoms with E-state index in [0.29, 0.717) is 12.8 Å². The van der Waals surface area contributed by atoms with E-state index in [9.17, 15) is 14.7 Å². The molecule has 1 aromatic rings. The van der Waals surface area contributed by atoms with Crippen molar-refractivity contribution in [1.29, 1.82) is 0 Å². The highest BCUT2D eigenvalue weighted by Crippen LogP contribution is 2.20. The fourth-order valence-corrected chi connectivity index (χ4v) is 2.34. The van der Waals surface area contributed by atoms with Crippen LogP contribution in [0.25, 0.3) is 0 Å². The van der Waals surface area contributed by atoms with E-state index in [2.05, 4.69) is 0 Å². The monoisotopic (exact) mass is 293 g/mol. The molecule has 0 unspecified atom stereocenters. The summed E-state index contributed by atoms with van der Waals surface area (Å²) in [7, 11) is 1.28. The molecule has 1 aromatic carbocycles. The maximum absolute atomic E-state index is 12.1. The van der Waals surface area contributed by atoms with Gasteiger partial charge in [-0.25, -0.2) is 9.59 Å². The standard InChI is InChI=1S/C15H19NO5/c1-20-14(18)13-8-7-12(17)9-16(13)15(19)21-10-11-5-3-2-4-6-11/h2-6,12-13,17H,7-10H2,1H3/t12-,13+/m1/s1. The molecule has 0 saturated carbocycles. The van der Waals surface area contributed by atoms with E-state index in [1.54, 1.807) is 0 Å². The average Bonchev–Trinajstić information content (AvgIpc) is 2.52. The summed E-state index contributed by atoms with van der Waals surface area (Å²) in [6.45, 7) is 0.202. The lowest BCUT2D eigenvalue weighted by Gasteiger charge is -2.35. The quantitative estimate of drug-likeness (QED) is 0.851. The number of likely N-dealkylation sites (tertiary alicyclic amines) is 1. The van der Waals surface area contributed by atoms with Crippen molar-refractivity contribution in [1.82, 2.24) is 4.90 Å². The maximum atomic E-state index is 12.1. The van der Waals surface area contributed by atoms with Gasteiger partial charge in [0.25, 0.3) is 0 Å². The first-order valence-corrected chi connectivity index (χ1v) is 6.85. The molecular weight excluding hydrogens is 274 g/mol. The molecule has 1 heterocycles. The third kappa shape index (κ3) is 3.95. The van der Waals surface area contributed by atoms with Gasteiger partial charge in [-0.3, -0.25) is 4.90 Å². The fraction of sp³-hybridized carbons (Fsp3) is 0.467. The van der Waals surface area contributed by atoms with Gasteiger partial charge in [-0.1, -0.05) is 30.3 Å². The van der Waals surface area contributed by atoms with Gasteiger partial charge in [0.2, 0.25) is 0 Å². The third-order valence-electron chi connectivity index (χ3n) is 3.47. The number of hydrogen-bond donors (Lipinski definition) is 1. The molecule has 0 spiro atoms. The van der Waals surface area contributed by atoms with E-state index < -0.39 is 24.2 Å². The Labute approximate surface area is 123 Å². The van der Waals surface area contributed by atoms with E-state index in [1.165, 1.54) is 12.0 Å². The average molecular weight is 293 g/mol. The number of β-amino-alcohol motifs (C(OH)–C–C–N with tert-alkyl or cyclic N) is 1. The number of aliphatic hydroxyl groups excluding tert-OH is 1. The normalized spacial score (nSPS) is 21.7. The van der Waals surface area contributed by atoms with Gasteiger partial charge in [-0.2, -0.15) is 0 Å². The van der Waals surface area contributed by atoms with Crippen molar-refractivity contribution in [2.75, 3.05) is 13.7 Å². The van der Waals surface area contributed by atoms with Crippen molar-refractivity contribution in [3.8, 4) is 0 Å². The molecule has 1 N–H and O–H groups in total. The van der Waals surface area contributed by atoms with Gasteiger partial charge in [-0.15, -0.1) is 0 Å². The van der Waals surface area contributed by atoms with Gasteiger partial charge < -0.3 is 14.6 Å². The lowest BCUT2D eigenvalue weighted by atomic mass is 10.0. The highest BCUT2D eigenvalue weighted by Gasteiger charge is 2.37. The second-order valence-electron chi connectivity index (χ2n) is 4.96. The van der Waals surface area contributed by atoms with Gasteiger partial charge in [-0.05, 0) is 18.4 Å². The second kappa shape index (κ2) is 7.08. The summed E-state index contributed by atoms with van der Waals surface area (Å²) in [5, 5.41) is 9.68. The van der Waals surface area contributed by atoms with Crippen LogP contribution < -0.4 is 0 Å². The minimum atomic E-state index is -0.693. The molecule has 0 bridgehead atoms. The summed E-state index contributed by atoms with van der Waals surface area (Å²) in [5.74, 6) is -0.487. The number of esters is 1. The maximum Gasteiger partial charge on any atom is 0.410 e. The van der Waals surface area contributed by atoms with Crippen molar-refractivity contribution in [3.63, 3.8) is 0 Å². The van der Waals surface area contributed by atoms with Gasteiger partial charge in [0.15, 0.2) is 0 Å². The molecule has 6 nitrogen and oxygen atoms in total. The smallest absolute Gasteiger partial charge is 0.410 e. The molecule has 1 amide bonds. The van der Waals surface area contributed by atoms with E-state index >= 15 is 0 Å². The van der Waals surface area contributed by atoms with Crippen molar-refractivity contribution in [3.05, 3.63) is 35.9 Å². The van der Waals surface area contributed by atoms with Crippen LogP contribution in [-0.4, -0.2) is 47.9 Å². The SMILES string of the molecule is COC(=O)[C@@H]1CC[C@@H](O)CN1C(=O)OCc1ccccc1. The number of hydrogen-bond acceptors (Lipinski definition) is 5. The van der Waals surface area contributed by atoms with Crippen LogP contribution in [0.3, 0.4) is 0 Å². The second-order valence-corrected chi connectivity index (χ2v) is 4.96. The first-order chi connectivity index (χ1) is 10.1. The fourth-order valence-electron chi connectivity index (χ4n) is 2.34.